The third-order valence-electron chi connectivity index (χ3n) is 3.02. The molecule has 0 fully saturated rings. The van der Waals surface area contributed by atoms with Gasteiger partial charge in [-0.25, -0.2) is 0 Å². The van der Waals surface area contributed by atoms with Crippen LogP contribution < -0.4 is 4.74 Å². The first-order valence-corrected chi connectivity index (χ1v) is 6.14. The minimum Gasteiger partial charge on any atom is -0.491 e. The molecule has 0 saturated carbocycles. The number of fused-ring (bicyclic) bond motifs is 1. The molecule has 2 rings (SSSR count). The summed E-state index contributed by atoms with van der Waals surface area (Å²) in [6.07, 6.45) is 4.10. The summed E-state index contributed by atoms with van der Waals surface area (Å²) in [5.41, 5.74) is 2.34. The van der Waals surface area contributed by atoms with Crippen molar-refractivity contribution in [3.8, 4) is 5.75 Å². The maximum atomic E-state index is 10.0. The van der Waals surface area contributed by atoms with E-state index in [0.29, 0.717) is 0 Å². The van der Waals surface area contributed by atoms with Gasteiger partial charge in [0, 0.05) is 0 Å². The molecular weight excluding hydrogens is 200 g/mol. The maximum absolute atomic E-state index is 10.0. The number of benzene rings is 1. The van der Waals surface area contributed by atoms with Crippen LogP contribution in [-0.4, -0.2) is 11.2 Å². The highest BCUT2D eigenvalue weighted by Crippen LogP contribution is 2.31. The average Bonchev–Trinajstić information content (AvgIpc) is 2.41. The van der Waals surface area contributed by atoms with Crippen molar-refractivity contribution in [1.82, 2.24) is 0 Å². The Morgan fingerprint density at radius 3 is 2.88 bits per heavy atom. The van der Waals surface area contributed by atoms with Gasteiger partial charge in [-0.3, -0.25) is 0 Å². The minimum absolute atomic E-state index is 0.181. The second-order valence-electron chi connectivity index (χ2n) is 4.79. The average molecular weight is 220 g/mol. The van der Waals surface area contributed by atoms with Crippen LogP contribution in [0.25, 0.3) is 0 Å². The molecule has 0 aliphatic heterocycles. The molecule has 2 nitrogen and oxygen atoms in total. The van der Waals surface area contributed by atoms with E-state index >= 15 is 0 Å². The zero-order valence-electron chi connectivity index (χ0n) is 10.1. The van der Waals surface area contributed by atoms with Gasteiger partial charge in [0.25, 0.3) is 0 Å². The Labute approximate surface area is 97.3 Å². The van der Waals surface area contributed by atoms with Crippen molar-refractivity contribution in [3.63, 3.8) is 0 Å². The van der Waals surface area contributed by atoms with Crippen molar-refractivity contribution in [2.45, 2.75) is 51.7 Å². The van der Waals surface area contributed by atoms with E-state index in [0.717, 1.165) is 30.6 Å². The highest BCUT2D eigenvalue weighted by atomic mass is 16.5. The monoisotopic (exact) mass is 220 g/mol. The fourth-order valence-corrected chi connectivity index (χ4v) is 2.27. The molecule has 1 aliphatic carbocycles. The lowest BCUT2D eigenvalue weighted by Gasteiger charge is -2.15. The first-order chi connectivity index (χ1) is 7.66. The maximum Gasteiger partial charge on any atom is 0.120 e. The second kappa shape index (κ2) is 4.88. The van der Waals surface area contributed by atoms with Gasteiger partial charge in [-0.05, 0) is 56.4 Å². The molecule has 1 aliphatic rings. The van der Waals surface area contributed by atoms with Crippen molar-refractivity contribution in [2.24, 2.45) is 0 Å². The van der Waals surface area contributed by atoms with Crippen LogP contribution in [0.5, 0.6) is 5.75 Å². The number of rotatable bonds is 2. The standard InChI is InChI=1S/C14H20O2/c1-10(2)16-12-8-7-11-5-3-4-6-14(15)13(11)9-12/h7-10,14-15H,3-6H2,1-2H3/t14-/m1/s1. The van der Waals surface area contributed by atoms with Gasteiger partial charge in [0.2, 0.25) is 0 Å². The van der Waals surface area contributed by atoms with E-state index < -0.39 is 0 Å². The number of aliphatic hydroxyl groups excluding tert-OH is 1. The summed E-state index contributed by atoms with van der Waals surface area (Å²) < 4.78 is 5.66. The zero-order chi connectivity index (χ0) is 11.5. The number of hydrogen-bond acceptors (Lipinski definition) is 2. The molecule has 1 aromatic carbocycles. The van der Waals surface area contributed by atoms with Crippen molar-refractivity contribution in [1.29, 1.82) is 0 Å². The Bertz CT molecular complexity index is 358. The van der Waals surface area contributed by atoms with E-state index in [4.69, 9.17) is 4.74 Å². The summed E-state index contributed by atoms with van der Waals surface area (Å²) >= 11 is 0. The molecule has 0 heterocycles. The third kappa shape index (κ3) is 2.56. The fourth-order valence-electron chi connectivity index (χ4n) is 2.27. The van der Waals surface area contributed by atoms with Gasteiger partial charge in [-0.15, -0.1) is 0 Å². The summed E-state index contributed by atoms with van der Waals surface area (Å²) in [4.78, 5) is 0. The molecule has 0 radical (unpaired) electrons. The quantitative estimate of drug-likeness (QED) is 0.775. The molecule has 1 atom stereocenters. The molecule has 16 heavy (non-hydrogen) atoms. The summed E-state index contributed by atoms with van der Waals surface area (Å²) in [6.45, 7) is 4.03. The molecule has 1 N–H and O–H groups in total. The van der Waals surface area contributed by atoms with Crippen LogP contribution in [0.1, 0.15) is 50.3 Å². The first kappa shape index (κ1) is 11.5. The van der Waals surface area contributed by atoms with E-state index in [9.17, 15) is 5.11 Å². The normalized spacial score (nSPS) is 20.4. The molecule has 88 valence electrons. The van der Waals surface area contributed by atoms with Gasteiger partial charge in [-0.1, -0.05) is 12.5 Å². The summed E-state index contributed by atoms with van der Waals surface area (Å²) in [5, 5.41) is 10.0. The van der Waals surface area contributed by atoms with Gasteiger partial charge in [0.05, 0.1) is 12.2 Å². The second-order valence-corrected chi connectivity index (χ2v) is 4.79. The third-order valence-corrected chi connectivity index (χ3v) is 3.02. The van der Waals surface area contributed by atoms with Crippen LogP contribution in [-0.2, 0) is 6.42 Å². The molecule has 0 bridgehead atoms. The smallest absolute Gasteiger partial charge is 0.120 e. The lowest BCUT2D eigenvalue weighted by molar-refractivity contribution is 0.165. The zero-order valence-corrected chi connectivity index (χ0v) is 10.1. The van der Waals surface area contributed by atoms with Gasteiger partial charge in [0.1, 0.15) is 5.75 Å². The molecule has 0 aromatic heterocycles. The predicted octanol–water partition coefficient (Wildman–Crippen LogP) is 3.23. The molecule has 0 spiro atoms. The van der Waals surface area contributed by atoms with Crippen LogP contribution in [0, 0.1) is 0 Å². The molecule has 2 heteroatoms. The lowest BCUT2D eigenvalue weighted by Crippen LogP contribution is -2.07. The molecule has 0 unspecified atom stereocenters. The number of aliphatic hydroxyl groups is 1. The first-order valence-electron chi connectivity index (χ1n) is 6.14. The predicted molar refractivity (Wildman–Crippen MR) is 64.7 cm³/mol. The van der Waals surface area contributed by atoms with E-state index in [1.165, 1.54) is 12.0 Å². The topological polar surface area (TPSA) is 29.5 Å². The summed E-state index contributed by atoms with van der Waals surface area (Å²) in [5.74, 6) is 0.870. The summed E-state index contributed by atoms with van der Waals surface area (Å²) in [6, 6.07) is 6.11. The SMILES string of the molecule is CC(C)Oc1ccc2c(c1)[C@H](O)CCCC2. The number of ether oxygens (including phenoxy) is 1. The van der Waals surface area contributed by atoms with E-state index in [1.807, 2.05) is 26.0 Å². The Morgan fingerprint density at radius 2 is 2.12 bits per heavy atom. The largest absolute Gasteiger partial charge is 0.491 e. The van der Waals surface area contributed by atoms with Gasteiger partial charge in [0.15, 0.2) is 0 Å². The van der Waals surface area contributed by atoms with Crippen LogP contribution >= 0.6 is 0 Å². The molecular formula is C14H20O2. The lowest BCUT2D eigenvalue weighted by atomic mass is 10.0. The Kier molecular flexibility index (Phi) is 3.49. The van der Waals surface area contributed by atoms with Crippen LogP contribution in [0.15, 0.2) is 18.2 Å². The fraction of sp³-hybridized carbons (Fsp3) is 0.571. The van der Waals surface area contributed by atoms with E-state index in [2.05, 4.69) is 6.07 Å². The van der Waals surface area contributed by atoms with Gasteiger partial charge in [-0.2, -0.15) is 0 Å². The minimum atomic E-state index is -0.312. The molecule has 1 aromatic rings. The highest BCUT2D eigenvalue weighted by Gasteiger charge is 2.17. The van der Waals surface area contributed by atoms with Crippen molar-refractivity contribution in [3.05, 3.63) is 29.3 Å². The Balaban J connectivity index is 2.28. The van der Waals surface area contributed by atoms with E-state index in [-0.39, 0.29) is 12.2 Å². The summed E-state index contributed by atoms with van der Waals surface area (Å²) in [7, 11) is 0. The van der Waals surface area contributed by atoms with Gasteiger partial charge < -0.3 is 9.84 Å². The van der Waals surface area contributed by atoms with Crippen LogP contribution in [0.2, 0.25) is 0 Å². The molecule has 0 saturated heterocycles. The number of hydrogen-bond donors (Lipinski definition) is 1. The van der Waals surface area contributed by atoms with Crippen molar-refractivity contribution >= 4 is 0 Å². The highest BCUT2D eigenvalue weighted by molar-refractivity contribution is 5.37. The van der Waals surface area contributed by atoms with E-state index in [1.54, 1.807) is 0 Å². The van der Waals surface area contributed by atoms with Crippen molar-refractivity contribution < 1.29 is 9.84 Å². The Hall–Kier alpha value is -1.02. The molecule has 0 amide bonds. The van der Waals surface area contributed by atoms with Crippen LogP contribution in [0.3, 0.4) is 0 Å². The van der Waals surface area contributed by atoms with Gasteiger partial charge >= 0.3 is 0 Å². The van der Waals surface area contributed by atoms with Crippen molar-refractivity contribution in [2.75, 3.05) is 0 Å². The number of aryl methyl sites for hydroxylation is 1. The Morgan fingerprint density at radius 1 is 1.31 bits per heavy atom. The van der Waals surface area contributed by atoms with Crippen LogP contribution in [0.4, 0.5) is 0 Å².